The number of aryl methyl sites for hydroxylation is 1. The molecule has 1 saturated heterocycles. The van der Waals surface area contributed by atoms with Crippen LogP contribution in [0.3, 0.4) is 0 Å². The van der Waals surface area contributed by atoms with Gasteiger partial charge in [0.15, 0.2) is 0 Å². The average molecular weight is 416 g/mol. The van der Waals surface area contributed by atoms with Gasteiger partial charge in [0.05, 0.1) is 6.04 Å². The highest BCUT2D eigenvalue weighted by Crippen LogP contribution is 2.30. The highest BCUT2D eigenvalue weighted by Gasteiger charge is 2.26. The summed E-state index contributed by atoms with van der Waals surface area (Å²) in [7, 11) is 0. The lowest BCUT2D eigenvalue weighted by Gasteiger charge is -2.29. The number of nitrogens with one attached hydrogen (secondary N) is 2. The van der Waals surface area contributed by atoms with Gasteiger partial charge in [-0.25, -0.2) is 0 Å². The van der Waals surface area contributed by atoms with Gasteiger partial charge >= 0.3 is 11.8 Å². The van der Waals surface area contributed by atoms with Crippen LogP contribution >= 0.6 is 0 Å². The number of amides is 2. The number of anilines is 1. The number of nitrogens with zero attached hydrogens (tertiary/aromatic N) is 1. The minimum atomic E-state index is -0.637. The molecule has 0 radical (unpaired) electrons. The van der Waals surface area contributed by atoms with Crippen LogP contribution in [0, 0.1) is 0 Å². The van der Waals surface area contributed by atoms with Crippen molar-refractivity contribution in [2.45, 2.75) is 32.2 Å². The Kier molecular flexibility index (Phi) is 6.63. The Hall–Kier alpha value is -3.18. The second kappa shape index (κ2) is 9.75. The van der Waals surface area contributed by atoms with Crippen molar-refractivity contribution in [2.24, 2.45) is 0 Å². The molecular weight excluding hydrogens is 386 g/mol. The molecule has 2 amide bonds. The van der Waals surface area contributed by atoms with Gasteiger partial charge in [-0.3, -0.25) is 14.5 Å². The number of fused-ring (bicyclic) bond motifs is 1. The predicted molar refractivity (Wildman–Crippen MR) is 125 cm³/mol. The summed E-state index contributed by atoms with van der Waals surface area (Å²) in [6, 6.07) is 22.2. The summed E-state index contributed by atoms with van der Waals surface area (Å²) in [4.78, 5) is 27.4. The van der Waals surface area contributed by atoms with Crippen molar-refractivity contribution in [1.82, 2.24) is 10.2 Å². The van der Waals surface area contributed by atoms with E-state index < -0.39 is 11.8 Å². The molecule has 4 rings (SSSR count). The Bertz CT molecular complexity index is 1050. The number of carbonyl (C=O) groups is 2. The molecule has 160 valence electrons. The Morgan fingerprint density at radius 1 is 0.903 bits per heavy atom. The van der Waals surface area contributed by atoms with Crippen molar-refractivity contribution >= 4 is 28.3 Å². The number of likely N-dealkylation sites (tertiary alicyclic amines) is 1. The van der Waals surface area contributed by atoms with Gasteiger partial charge in [0.1, 0.15) is 0 Å². The molecule has 5 heteroatoms. The average Bonchev–Trinajstić information content (AvgIpc) is 3.34. The zero-order valence-electron chi connectivity index (χ0n) is 17.9. The van der Waals surface area contributed by atoms with E-state index in [1.165, 1.54) is 21.9 Å². The summed E-state index contributed by atoms with van der Waals surface area (Å²) in [5.41, 5.74) is 3.00. The monoisotopic (exact) mass is 415 g/mol. The van der Waals surface area contributed by atoms with E-state index in [-0.39, 0.29) is 6.04 Å². The molecule has 0 aromatic heterocycles. The standard InChI is InChI=1S/C26H29N3O2/c1-2-19-12-14-21(15-13-19)28-26(31)25(30)27-18-24(29-16-5-6-17-29)23-11-7-9-20-8-3-4-10-22(20)23/h3-4,7-15,24H,2,5-6,16-18H2,1H3,(H,27,30)(H,28,31). The Morgan fingerprint density at radius 3 is 2.35 bits per heavy atom. The quantitative estimate of drug-likeness (QED) is 0.590. The van der Waals surface area contributed by atoms with E-state index in [1.807, 2.05) is 36.4 Å². The van der Waals surface area contributed by atoms with Crippen LogP contribution in [0.25, 0.3) is 10.8 Å². The van der Waals surface area contributed by atoms with Crippen LogP contribution in [0.15, 0.2) is 66.7 Å². The molecule has 1 aliphatic heterocycles. The van der Waals surface area contributed by atoms with Crippen molar-refractivity contribution < 1.29 is 9.59 Å². The molecule has 0 spiro atoms. The predicted octanol–water partition coefficient (Wildman–Crippen LogP) is 4.29. The lowest BCUT2D eigenvalue weighted by atomic mass is 9.97. The molecule has 1 fully saturated rings. The third-order valence-corrected chi connectivity index (χ3v) is 6.05. The Balaban J connectivity index is 1.47. The van der Waals surface area contributed by atoms with E-state index >= 15 is 0 Å². The maximum Gasteiger partial charge on any atom is 0.313 e. The van der Waals surface area contributed by atoms with Crippen molar-refractivity contribution in [1.29, 1.82) is 0 Å². The van der Waals surface area contributed by atoms with E-state index in [4.69, 9.17) is 0 Å². The number of benzene rings is 3. The van der Waals surface area contributed by atoms with Crippen LogP contribution in [0.4, 0.5) is 5.69 Å². The largest absolute Gasteiger partial charge is 0.346 e. The minimum absolute atomic E-state index is 0.0363. The molecule has 3 aromatic rings. The van der Waals surface area contributed by atoms with E-state index in [9.17, 15) is 9.59 Å². The summed E-state index contributed by atoms with van der Waals surface area (Å²) < 4.78 is 0. The molecule has 1 atom stereocenters. The molecular formula is C26H29N3O2. The molecule has 1 unspecified atom stereocenters. The van der Waals surface area contributed by atoms with Gasteiger partial charge in [0.25, 0.3) is 0 Å². The van der Waals surface area contributed by atoms with E-state index in [0.29, 0.717) is 12.2 Å². The Labute approximate surface area is 183 Å². The van der Waals surface area contributed by atoms with Crippen molar-refractivity contribution in [3.05, 3.63) is 77.9 Å². The minimum Gasteiger partial charge on any atom is -0.346 e. The summed E-state index contributed by atoms with van der Waals surface area (Å²) >= 11 is 0. The molecule has 2 N–H and O–H groups in total. The second-order valence-corrected chi connectivity index (χ2v) is 8.04. The summed E-state index contributed by atoms with van der Waals surface area (Å²) in [6.45, 7) is 4.47. The normalized spacial score (nSPS) is 15.0. The fraction of sp³-hybridized carbons (Fsp3) is 0.308. The molecule has 0 bridgehead atoms. The molecule has 31 heavy (non-hydrogen) atoms. The number of hydrogen-bond acceptors (Lipinski definition) is 3. The highest BCUT2D eigenvalue weighted by atomic mass is 16.2. The number of rotatable bonds is 6. The summed E-state index contributed by atoms with van der Waals surface area (Å²) in [5, 5.41) is 7.94. The van der Waals surface area contributed by atoms with Crippen LogP contribution in [-0.4, -0.2) is 36.3 Å². The van der Waals surface area contributed by atoms with Gasteiger partial charge in [-0.1, -0.05) is 61.5 Å². The van der Waals surface area contributed by atoms with Gasteiger partial charge in [-0.05, 0) is 66.4 Å². The fourth-order valence-corrected chi connectivity index (χ4v) is 4.31. The third kappa shape index (κ3) is 4.94. The maximum absolute atomic E-state index is 12.5. The lowest BCUT2D eigenvalue weighted by Crippen LogP contribution is -2.41. The summed E-state index contributed by atoms with van der Waals surface area (Å²) in [5.74, 6) is -1.24. The van der Waals surface area contributed by atoms with Crippen LogP contribution in [0.2, 0.25) is 0 Å². The first-order valence-electron chi connectivity index (χ1n) is 11.1. The van der Waals surface area contributed by atoms with Crippen molar-refractivity contribution in [2.75, 3.05) is 25.0 Å². The molecule has 5 nitrogen and oxygen atoms in total. The first-order chi connectivity index (χ1) is 15.2. The molecule has 0 saturated carbocycles. The molecule has 0 aliphatic carbocycles. The smallest absolute Gasteiger partial charge is 0.313 e. The van der Waals surface area contributed by atoms with Gasteiger partial charge < -0.3 is 10.6 Å². The molecule has 1 aliphatic rings. The van der Waals surface area contributed by atoms with Crippen LogP contribution in [0.1, 0.15) is 36.9 Å². The maximum atomic E-state index is 12.5. The van der Waals surface area contributed by atoms with Crippen LogP contribution in [0.5, 0.6) is 0 Å². The van der Waals surface area contributed by atoms with Crippen molar-refractivity contribution in [3.8, 4) is 0 Å². The van der Waals surface area contributed by atoms with Crippen LogP contribution in [-0.2, 0) is 16.0 Å². The number of carbonyl (C=O) groups excluding carboxylic acids is 2. The summed E-state index contributed by atoms with van der Waals surface area (Å²) in [6.07, 6.45) is 3.24. The van der Waals surface area contributed by atoms with Gasteiger partial charge in [-0.2, -0.15) is 0 Å². The topological polar surface area (TPSA) is 61.4 Å². The van der Waals surface area contributed by atoms with Crippen LogP contribution < -0.4 is 10.6 Å². The van der Waals surface area contributed by atoms with E-state index in [0.717, 1.165) is 32.4 Å². The molecule has 1 heterocycles. The SMILES string of the molecule is CCc1ccc(NC(=O)C(=O)NCC(c2cccc3ccccc23)N2CCCC2)cc1. The zero-order valence-corrected chi connectivity index (χ0v) is 17.9. The number of hydrogen-bond donors (Lipinski definition) is 2. The van der Waals surface area contributed by atoms with E-state index in [2.05, 4.69) is 52.8 Å². The highest BCUT2D eigenvalue weighted by molar-refractivity contribution is 6.39. The first-order valence-corrected chi connectivity index (χ1v) is 11.1. The van der Waals surface area contributed by atoms with Gasteiger partial charge in [0.2, 0.25) is 0 Å². The van der Waals surface area contributed by atoms with Gasteiger partial charge in [-0.15, -0.1) is 0 Å². The Morgan fingerprint density at radius 2 is 1.61 bits per heavy atom. The molecule has 3 aromatic carbocycles. The lowest BCUT2D eigenvalue weighted by molar-refractivity contribution is -0.136. The zero-order chi connectivity index (χ0) is 21.6. The fourth-order valence-electron chi connectivity index (χ4n) is 4.31. The third-order valence-electron chi connectivity index (χ3n) is 6.05. The first kappa shape index (κ1) is 21.1. The van der Waals surface area contributed by atoms with Crippen molar-refractivity contribution in [3.63, 3.8) is 0 Å². The second-order valence-electron chi connectivity index (χ2n) is 8.04. The van der Waals surface area contributed by atoms with Gasteiger partial charge in [0, 0.05) is 12.2 Å². The van der Waals surface area contributed by atoms with E-state index in [1.54, 1.807) is 0 Å².